The number of benzene rings is 8. The third-order valence-electron chi connectivity index (χ3n) is 14.6. The molecular weight excluding hydrogens is 1040 g/mol. The number of aromatic amines is 1. The molecular formula is C60H28ClN9O10. The summed E-state index contributed by atoms with van der Waals surface area (Å²) in [6.07, 6.45) is 0. The molecule has 0 bridgehead atoms. The van der Waals surface area contributed by atoms with Crippen molar-refractivity contribution in [3.63, 3.8) is 0 Å². The number of rotatable bonds is 8. The standard InChI is InChI=1S/C60H28ClN9O10/c61-44-15-5-4-10-37(44)50-64-66-60(80-50)70-54(74)39-14-7-12-34(48(39)58(70)78)29-16-20-35-42(24-29)55(75)67(51(35)71)31-18-22-45-40(26-31)41-27-32(19-23-46(41)62-45)68-53(73)38-13-6-11-33(47(38)57(68)77)30-17-21-36-43(25-30)56(76)69(52(36)72)59-65-63-49(79-59)28-8-2-1-3-9-28/h1-27,62H. The maximum Gasteiger partial charge on any atom is 0.332 e. The molecule has 7 heterocycles. The van der Waals surface area contributed by atoms with Gasteiger partial charge >= 0.3 is 12.0 Å². The molecule has 19 nitrogen and oxygen atoms in total. The van der Waals surface area contributed by atoms with Gasteiger partial charge in [-0.1, -0.05) is 88.5 Å². The second-order valence-corrected chi connectivity index (χ2v) is 19.4. The summed E-state index contributed by atoms with van der Waals surface area (Å²) in [6, 6.07) is 43.7. The summed E-state index contributed by atoms with van der Waals surface area (Å²) in [7, 11) is 0. The van der Waals surface area contributed by atoms with Crippen molar-refractivity contribution in [3.8, 4) is 45.2 Å². The number of amides is 8. The Morgan fingerprint density at radius 1 is 0.338 bits per heavy atom. The van der Waals surface area contributed by atoms with Gasteiger partial charge in [-0.15, -0.1) is 10.2 Å². The van der Waals surface area contributed by atoms with Crippen LogP contribution < -0.4 is 19.6 Å². The molecule has 0 saturated carbocycles. The van der Waals surface area contributed by atoms with E-state index in [1.807, 2.05) is 6.07 Å². The van der Waals surface area contributed by atoms with Gasteiger partial charge in [-0.05, 0) is 119 Å². The predicted octanol–water partition coefficient (Wildman–Crippen LogP) is 10.6. The van der Waals surface area contributed by atoms with Gasteiger partial charge in [0, 0.05) is 27.4 Å². The molecule has 0 unspecified atom stereocenters. The third-order valence-corrected chi connectivity index (χ3v) is 15.0. The van der Waals surface area contributed by atoms with Crippen molar-refractivity contribution >= 4 is 104 Å². The summed E-state index contributed by atoms with van der Waals surface area (Å²) >= 11 is 6.33. The van der Waals surface area contributed by atoms with Crippen LogP contribution in [0.4, 0.5) is 23.4 Å². The lowest BCUT2D eigenvalue weighted by atomic mass is 9.94. The number of imide groups is 4. The highest BCUT2D eigenvalue weighted by Crippen LogP contribution is 2.43. The first kappa shape index (κ1) is 46.0. The minimum absolute atomic E-state index is 0.00422. The van der Waals surface area contributed by atoms with Crippen LogP contribution in [0.15, 0.2) is 173 Å². The number of hydrogen-bond donors (Lipinski definition) is 1. The summed E-state index contributed by atoms with van der Waals surface area (Å²) in [5.41, 5.74) is 4.86. The molecule has 0 spiro atoms. The van der Waals surface area contributed by atoms with E-state index in [1.54, 1.807) is 127 Å². The van der Waals surface area contributed by atoms with E-state index in [1.165, 1.54) is 30.3 Å². The zero-order valence-electron chi connectivity index (χ0n) is 40.6. The minimum atomic E-state index is -0.732. The Bertz CT molecular complexity index is 4730. The van der Waals surface area contributed by atoms with Crippen molar-refractivity contribution in [3.05, 3.63) is 213 Å². The molecule has 20 heteroatoms. The Morgan fingerprint density at radius 3 is 1.38 bits per heavy atom. The van der Waals surface area contributed by atoms with E-state index in [2.05, 4.69) is 25.4 Å². The minimum Gasteiger partial charge on any atom is -0.403 e. The Morgan fingerprint density at radius 2 is 0.775 bits per heavy atom. The van der Waals surface area contributed by atoms with E-state index >= 15 is 0 Å². The smallest absolute Gasteiger partial charge is 0.332 e. The largest absolute Gasteiger partial charge is 0.403 e. The monoisotopic (exact) mass is 1070 g/mol. The molecule has 0 radical (unpaired) electrons. The van der Waals surface area contributed by atoms with Gasteiger partial charge < -0.3 is 13.8 Å². The molecule has 1 N–H and O–H groups in total. The van der Waals surface area contributed by atoms with Gasteiger partial charge in [0.2, 0.25) is 5.89 Å². The molecule has 4 aliphatic rings. The number of hydrogen-bond acceptors (Lipinski definition) is 14. The average Bonchev–Trinajstić information content (AvgIpc) is 4.46. The van der Waals surface area contributed by atoms with Gasteiger partial charge in [0.15, 0.2) is 0 Å². The lowest BCUT2D eigenvalue weighted by Gasteiger charge is -2.15. The summed E-state index contributed by atoms with van der Waals surface area (Å²) in [5, 5.41) is 17.5. The first-order valence-corrected chi connectivity index (χ1v) is 24.9. The van der Waals surface area contributed by atoms with Gasteiger partial charge in [0.05, 0.1) is 66.5 Å². The van der Waals surface area contributed by atoms with Crippen molar-refractivity contribution in [2.45, 2.75) is 0 Å². The lowest BCUT2D eigenvalue weighted by molar-refractivity contribution is 0.0902. The maximum absolute atomic E-state index is 14.6. The van der Waals surface area contributed by atoms with Crippen LogP contribution in [0.2, 0.25) is 5.02 Å². The van der Waals surface area contributed by atoms with Gasteiger partial charge in [0.25, 0.3) is 53.1 Å². The highest BCUT2D eigenvalue weighted by molar-refractivity contribution is 6.39. The topological polar surface area (TPSA) is 243 Å². The number of fused-ring (bicyclic) bond motifs is 7. The van der Waals surface area contributed by atoms with Gasteiger partial charge in [-0.3, -0.25) is 38.4 Å². The van der Waals surface area contributed by atoms with Crippen LogP contribution in [0.25, 0.3) is 67.0 Å². The Kier molecular flexibility index (Phi) is 9.69. The quantitative estimate of drug-likeness (QED) is 0.139. The number of halogens is 1. The molecule has 8 amide bonds. The lowest BCUT2D eigenvalue weighted by Crippen LogP contribution is -2.29. The number of nitrogens with one attached hydrogen (secondary N) is 1. The Hall–Kier alpha value is -11.3. The highest BCUT2D eigenvalue weighted by Gasteiger charge is 2.45. The number of H-pyrrole nitrogens is 1. The van der Waals surface area contributed by atoms with Crippen LogP contribution in [0, 0.1) is 0 Å². The normalized spacial score (nSPS) is 14.7. The van der Waals surface area contributed by atoms with Gasteiger partial charge in [-0.25, -0.2) is 9.80 Å². The maximum atomic E-state index is 14.6. The van der Waals surface area contributed by atoms with Gasteiger partial charge in [0.1, 0.15) is 0 Å². The highest BCUT2D eigenvalue weighted by atomic mass is 35.5. The molecule has 380 valence electrons. The van der Waals surface area contributed by atoms with Gasteiger partial charge in [-0.2, -0.15) is 9.80 Å². The predicted molar refractivity (Wildman–Crippen MR) is 289 cm³/mol. The first-order chi connectivity index (χ1) is 38.9. The fourth-order valence-electron chi connectivity index (χ4n) is 10.9. The fraction of sp³-hybridized carbons (Fsp3) is 0. The average molecular weight is 1070 g/mol. The molecule has 0 fully saturated rings. The van der Waals surface area contributed by atoms with Crippen molar-refractivity contribution in [1.29, 1.82) is 0 Å². The van der Waals surface area contributed by atoms with E-state index in [-0.39, 0.29) is 79.7 Å². The first-order valence-electron chi connectivity index (χ1n) is 24.5. The van der Waals surface area contributed by atoms with E-state index < -0.39 is 47.3 Å². The molecule has 3 aromatic heterocycles. The third kappa shape index (κ3) is 6.54. The Labute approximate surface area is 452 Å². The van der Waals surface area contributed by atoms with Crippen LogP contribution in [0.5, 0.6) is 0 Å². The number of carbonyl (C=O) groups is 8. The number of nitrogens with zero attached hydrogens (tertiary/aromatic N) is 8. The summed E-state index contributed by atoms with van der Waals surface area (Å²) in [4.78, 5) is 120. The zero-order valence-corrected chi connectivity index (χ0v) is 41.4. The fourth-order valence-corrected chi connectivity index (χ4v) is 11.1. The number of aromatic nitrogens is 5. The van der Waals surface area contributed by atoms with E-state index in [4.69, 9.17) is 20.4 Å². The second-order valence-electron chi connectivity index (χ2n) is 19.0. The molecule has 4 aliphatic heterocycles. The van der Waals surface area contributed by atoms with Crippen molar-refractivity contribution in [2.24, 2.45) is 0 Å². The number of carbonyl (C=O) groups excluding carboxylic acids is 8. The zero-order chi connectivity index (χ0) is 54.4. The van der Waals surface area contributed by atoms with Crippen LogP contribution in [0.3, 0.4) is 0 Å². The van der Waals surface area contributed by atoms with E-state index in [0.29, 0.717) is 60.2 Å². The molecule has 8 aromatic carbocycles. The molecule has 15 rings (SSSR count). The van der Waals surface area contributed by atoms with Crippen molar-refractivity contribution < 1.29 is 47.2 Å². The summed E-state index contributed by atoms with van der Waals surface area (Å²) < 4.78 is 11.5. The SMILES string of the molecule is O=C1c2ccc(-c3cccc4c3C(=O)N(c3nnc(-c5ccccc5Cl)o3)C4=O)cc2C(=O)N1c1ccc2[nH]c3ccc(N4C(=O)c5cccc(-c6ccc7c(c6)C(=O)N(c6nnc(-c8ccccc8)o6)C7=O)c5C4=O)cc3c2c1. The van der Waals surface area contributed by atoms with E-state index in [0.717, 1.165) is 19.6 Å². The summed E-state index contributed by atoms with van der Waals surface area (Å²) in [6.45, 7) is 0. The van der Waals surface area contributed by atoms with Crippen molar-refractivity contribution in [2.75, 3.05) is 19.6 Å². The van der Waals surface area contributed by atoms with Crippen LogP contribution in [0.1, 0.15) is 82.9 Å². The molecule has 0 aliphatic carbocycles. The van der Waals surface area contributed by atoms with Crippen molar-refractivity contribution in [1.82, 2.24) is 25.4 Å². The Balaban J connectivity index is 0.710. The van der Waals surface area contributed by atoms with Crippen LogP contribution in [-0.2, 0) is 0 Å². The van der Waals surface area contributed by atoms with Crippen LogP contribution >= 0.6 is 11.6 Å². The molecule has 0 atom stereocenters. The number of anilines is 4. The second kappa shape index (κ2) is 16.8. The molecule has 80 heavy (non-hydrogen) atoms. The molecule has 11 aromatic rings. The molecule has 0 saturated heterocycles. The van der Waals surface area contributed by atoms with Crippen LogP contribution in [-0.4, -0.2) is 72.6 Å². The van der Waals surface area contributed by atoms with E-state index in [9.17, 15) is 38.4 Å². The summed E-state index contributed by atoms with van der Waals surface area (Å²) in [5.74, 6) is -5.12.